The lowest BCUT2D eigenvalue weighted by Gasteiger charge is -2.29. The molecule has 0 aliphatic heterocycles. The Morgan fingerprint density at radius 3 is 2.86 bits per heavy atom. The number of hydrogen-bond donors (Lipinski definition) is 1. The molecule has 74 valence electrons. The predicted molar refractivity (Wildman–Crippen MR) is 56.5 cm³/mol. The number of nitrogens with one attached hydrogen (secondary N) is 1. The number of carbonyl (C=O) groups excluding carboxylic acids is 1. The number of allylic oxidation sites excluding steroid dienone is 4. The highest BCUT2D eigenvalue weighted by atomic mass is 16.1. The maximum Gasteiger partial charge on any atom is 0.143 e. The van der Waals surface area contributed by atoms with Gasteiger partial charge in [-0.3, -0.25) is 4.79 Å². The zero-order valence-corrected chi connectivity index (χ0v) is 8.68. The standard InChI is InChI=1S/C12H15NO/c1-8-5-10-3-4-11(14)12(10,2)6-9(8)7-13/h5,7,13H,3-4,6H2,1-2H3/t12-/m0/s1. The molecule has 0 spiro atoms. The van der Waals surface area contributed by atoms with Crippen LogP contribution in [-0.4, -0.2) is 12.0 Å². The third kappa shape index (κ3) is 1.10. The SMILES string of the molecule is CC1=C(C=N)C[C@]2(C)C(=O)CCC2=C1. The van der Waals surface area contributed by atoms with E-state index in [1.165, 1.54) is 11.8 Å². The second-order valence-corrected chi connectivity index (χ2v) is 4.45. The second-order valence-electron chi connectivity index (χ2n) is 4.45. The number of ketones is 1. The molecule has 0 aromatic rings. The monoisotopic (exact) mass is 189 g/mol. The van der Waals surface area contributed by atoms with Crippen molar-refractivity contribution in [3.8, 4) is 0 Å². The van der Waals surface area contributed by atoms with Crippen LogP contribution in [0.5, 0.6) is 0 Å². The fourth-order valence-corrected chi connectivity index (χ4v) is 2.46. The molecule has 2 rings (SSSR count). The van der Waals surface area contributed by atoms with E-state index in [2.05, 4.69) is 6.08 Å². The van der Waals surface area contributed by atoms with Gasteiger partial charge in [0.25, 0.3) is 0 Å². The van der Waals surface area contributed by atoms with E-state index >= 15 is 0 Å². The average Bonchev–Trinajstić information content (AvgIpc) is 2.43. The first-order valence-corrected chi connectivity index (χ1v) is 5.02. The van der Waals surface area contributed by atoms with E-state index in [0.29, 0.717) is 12.2 Å². The summed E-state index contributed by atoms with van der Waals surface area (Å²) in [5.41, 5.74) is 3.14. The van der Waals surface area contributed by atoms with Crippen molar-refractivity contribution in [3.63, 3.8) is 0 Å². The van der Waals surface area contributed by atoms with Gasteiger partial charge in [0, 0.05) is 12.6 Å². The molecule has 0 saturated heterocycles. The molecule has 0 bridgehead atoms. The Kier molecular flexibility index (Phi) is 1.95. The van der Waals surface area contributed by atoms with Crippen LogP contribution in [0.4, 0.5) is 0 Å². The number of fused-ring (bicyclic) bond motifs is 1. The van der Waals surface area contributed by atoms with Crippen molar-refractivity contribution in [2.75, 3.05) is 0 Å². The third-order valence-electron chi connectivity index (χ3n) is 3.56. The van der Waals surface area contributed by atoms with Gasteiger partial charge in [0.2, 0.25) is 0 Å². The van der Waals surface area contributed by atoms with E-state index in [1.807, 2.05) is 13.8 Å². The predicted octanol–water partition coefficient (Wildman–Crippen LogP) is 2.65. The molecule has 2 heteroatoms. The molecule has 0 aromatic carbocycles. The van der Waals surface area contributed by atoms with E-state index in [9.17, 15) is 4.79 Å². The summed E-state index contributed by atoms with van der Waals surface area (Å²) in [6.45, 7) is 4.04. The summed E-state index contributed by atoms with van der Waals surface area (Å²) < 4.78 is 0. The van der Waals surface area contributed by atoms with Gasteiger partial charge in [-0.05, 0) is 37.8 Å². The molecule has 1 fully saturated rings. The van der Waals surface area contributed by atoms with Crippen LogP contribution in [-0.2, 0) is 4.79 Å². The van der Waals surface area contributed by atoms with Crippen LogP contribution in [0.25, 0.3) is 0 Å². The molecule has 2 aliphatic rings. The quantitative estimate of drug-likeness (QED) is 0.633. The lowest BCUT2D eigenvalue weighted by atomic mass is 9.73. The van der Waals surface area contributed by atoms with Gasteiger partial charge in [0.1, 0.15) is 5.78 Å². The van der Waals surface area contributed by atoms with Crippen molar-refractivity contribution in [2.24, 2.45) is 5.41 Å². The number of Topliss-reactive ketones (excluding diaryl/α,β-unsaturated/α-hetero) is 1. The van der Waals surface area contributed by atoms with Gasteiger partial charge in [-0.1, -0.05) is 11.6 Å². The Labute approximate surface area is 84.2 Å². The average molecular weight is 189 g/mol. The minimum absolute atomic E-state index is 0.285. The van der Waals surface area contributed by atoms with Crippen LogP contribution in [0.3, 0.4) is 0 Å². The van der Waals surface area contributed by atoms with Crippen molar-refractivity contribution in [3.05, 3.63) is 22.8 Å². The summed E-state index contributed by atoms with van der Waals surface area (Å²) in [5.74, 6) is 0.343. The molecule has 0 radical (unpaired) electrons. The van der Waals surface area contributed by atoms with Crippen molar-refractivity contribution in [2.45, 2.75) is 33.1 Å². The molecule has 1 atom stereocenters. The first kappa shape index (κ1) is 9.38. The molecular formula is C12H15NO. The Morgan fingerprint density at radius 2 is 2.21 bits per heavy atom. The first-order chi connectivity index (χ1) is 6.58. The van der Waals surface area contributed by atoms with Gasteiger partial charge in [-0.2, -0.15) is 0 Å². The zero-order valence-electron chi connectivity index (χ0n) is 8.68. The minimum atomic E-state index is -0.285. The molecule has 0 aromatic heterocycles. The molecule has 0 unspecified atom stereocenters. The number of carbonyl (C=O) groups is 1. The van der Waals surface area contributed by atoms with Gasteiger partial charge in [0.15, 0.2) is 0 Å². The maximum atomic E-state index is 11.8. The summed E-state index contributed by atoms with van der Waals surface area (Å²) >= 11 is 0. The Hall–Kier alpha value is -1.18. The van der Waals surface area contributed by atoms with E-state index in [-0.39, 0.29) is 5.41 Å². The van der Waals surface area contributed by atoms with Gasteiger partial charge in [-0.15, -0.1) is 0 Å². The van der Waals surface area contributed by atoms with Crippen molar-refractivity contribution >= 4 is 12.0 Å². The third-order valence-corrected chi connectivity index (χ3v) is 3.56. The summed E-state index contributed by atoms with van der Waals surface area (Å²) in [4.78, 5) is 11.8. The fourth-order valence-electron chi connectivity index (χ4n) is 2.46. The van der Waals surface area contributed by atoms with Crippen LogP contribution in [0.1, 0.15) is 33.1 Å². The Balaban J connectivity index is 2.47. The maximum absolute atomic E-state index is 11.8. The van der Waals surface area contributed by atoms with Crippen molar-refractivity contribution < 1.29 is 4.79 Å². The van der Waals surface area contributed by atoms with E-state index in [1.54, 1.807) is 0 Å². The summed E-state index contributed by atoms with van der Waals surface area (Å²) in [6, 6.07) is 0. The number of hydrogen-bond acceptors (Lipinski definition) is 2. The second kappa shape index (κ2) is 2.91. The van der Waals surface area contributed by atoms with Gasteiger partial charge < -0.3 is 5.41 Å². The minimum Gasteiger partial charge on any atom is -0.308 e. The highest BCUT2D eigenvalue weighted by molar-refractivity contribution is 5.94. The van der Waals surface area contributed by atoms with Crippen LogP contribution in [0.15, 0.2) is 22.8 Å². The summed E-state index contributed by atoms with van der Waals surface area (Å²) in [7, 11) is 0. The fraction of sp³-hybridized carbons (Fsp3) is 0.500. The topological polar surface area (TPSA) is 40.9 Å². The molecule has 1 saturated carbocycles. The Morgan fingerprint density at radius 1 is 1.50 bits per heavy atom. The van der Waals surface area contributed by atoms with E-state index in [4.69, 9.17) is 5.41 Å². The zero-order chi connectivity index (χ0) is 10.3. The van der Waals surface area contributed by atoms with Gasteiger partial charge in [0.05, 0.1) is 5.41 Å². The molecule has 2 nitrogen and oxygen atoms in total. The summed E-state index contributed by atoms with van der Waals surface area (Å²) in [5, 5.41) is 7.31. The first-order valence-electron chi connectivity index (χ1n) is 5.02. The molecule has 0 heterocycles. The lowest BCUT2D eigenvalue weighted by molar-refractivity contribution is -0.123. The molecule has 1 N–H and O–H groups in total. The lowest BCUT2D eigenvalue weighted by Crippen LogP contribution is -2.26. The Bertz CT molecular complexity index is 376. The highest BCUT2D eigenvalue weighted by Gasteiger charge is 2.43. The summed E-state index contributed by atoms with van der Waals surface area (Å²) in [6.07, 6.45) is 5.82. The van der Waals surface area contributed by atoms with Gasteiger partial charge >= 0.3 is 0 Å². The van der Waals surface area contributed by atoms with Crippen molar-refractivity contribution in [1.29, 1.82) is 5.41 Å². The van der Waals surface area contributed by atoms with Crippen molar-refractivity contribution in [1.82, 2.24) is 0 Å². The van der Waals surface area contributed by atoms with Crippen LogP contribution < -0.4 is 0 Å². The molecule has 14 heavy (non-hydrogen) atoms. The molecule has 0 amide bonds. The largest absolute Gasteiger partial charge is 0.308 e. The van der Waals surface area contributed by atoms with Crippen LogP contribution >= 0.6 is 0 Å². The number of rotatable bonds is 1. The van der Waals surface area contributed by atoms with E-state index < -0.39 is 0 Å². The normalized spacial score (nSPS) is 31.6. The smallest absolute Gasteiger partial charge is 0.143 e. The molecule has 2 aliphatic carbocycles. The van der Waals surface area contributed by atoms with E-state index in [0.717, 1.165) is 24.0 Å². The molecular weight excluding hydrogens is 174 g/mol. The van der Waals surface area contributed by atoms with Crippen LogP contribution in [0.2, 0.25) is 0 Å². The van der Waals surface area contributed by atoms with Crippen LogP contribution in [0, 0.1) is 10.8 Å². The highest BCUT2D eigenvalue weighted by Crippen LogP contribution is 2.47. The van der Waals surface area contributed by atoms with Gasteiger partial charge in [-0.25, -0.2) is 0 Å².